The Morgan fingerprint density at radius 3 is 2.73 bits per heavy atom. The Balaban J connectivity index is 1.50. The van der Waals surface area contributed by atoms with Gasteiger partial charge in [-0.05, 0) is 48.7 Å². The minimum atomic E-state index is -0.547. The van der Waals surface area contributed by atoms with Gasteiger partial charge in [-0.3, -0.25) is 14.0 Å². The lowest BCUT2D eigenvalue weighted by molar-refractivity contribution is 0.102. The summed E-state index contributed by atoms with van der Waals surface area (Å²) in [5.74, 6) is 0.558. The maximum Gasteiger partial charge on any atom is 0.270 e. The Morgan fingerprint density at radius 1 is 1.10 bits per heavy atom. The third-order valence-corrected chi connectivity index (χ3v) is 4.62. The van der Waals surface area contributed by atoms with E-state index in [0.717, 1.165) is 12.0 Å². The molecule has 0 aliphatic heterocycles. The lowest BCUT2D eigenvalue weighted by atomic mass is 10.2. The summed E-state index contributed by atoms with van der Waals surface area (Å²) < 4.78 is 7.12. The number of carbonyl (C=O) groups excluding carboxylic acids is 1. The van der Waals surface area contributed by atoms with E-state index in [4.69, 9.17) is 4.74 Å². The second-order valence-electron chi connectivity index (χ2n) is 6.85. The third kappa shape index (κ3) is 4.05. The Kier molecular flexibility index (Phi) is 5.26. The summed E-state index contributed by atoms with van der Waals surface area (Å²) in [7, 11) is 0. The molecule has 30 heavy (non-hydrogen) atoms. The SMILES string of the molecule is CCc1cccc(Oc2ccc(NC(=O)c3cnc4ccc(C)cn4c3=O)cn2)c1. The molecule has 3 heterocycles. The Hall–Kier alpha value is -4.00. The van der Waals surface area contributed by atoms with Crippen molar-refractivity contribution in [1.82, 2.24) is 14.4 Å². The van der Waals surface area contributed by atoms with E-state index in [9.17, 15) is 9.59 Å². The number of hydrogen-bond acceptors (Lipinski definition) is 5. The fourth-order valence-corrected chi connectivity index (χ4v) is 3.00. The topological polar surface area (TPSA) is 85.6 Å². The van der Waals surface area contributed by atoms with Gasteiger partial charge in [-0.25, -0.2) is 9.97 Å². The normalized spacial score (nSPS) is 10.7. The predicted molar refractivity (Wildman–Crippen MR) is 114 cm³/mol. The number of aryl methyl sites for hydroxylation is 2. The lowest BCUT2D eigenvalue weighted by Gasteiger charge is -2.08. The number of aromatic nitrogens is 3. The van der Waals surface area contributed by atoms with E-state index in [1.54, 1.807) is 24.4 Å². The number of fused-ring (bicyclic) bond motifs is 1. The number of hydrogen-bond donors (Lipinski definition) is 1. The van der Waals surface area contributed by atoms with Crippen LogP contribution in [-0.2, 0) is 6.42 Å². The maximum atomic E-state index is 12.6. The second-order valence-corrected chi connectivity index (χ2v) is 6.85. The highest BCUT2D eigenvalue weighted by Gasteiger charge is 2.14. The van der Waals surface area contributed by atoms with Crippen molar-refractivity contribution in [2.75, 3.05) is 5.32 Å². The van der Waals surface area contributed by atoms with Gasteiger partial charge in [0.1, 0.15) is 17.0 Å². The van der Waals surface area contributed by atoms with Gasteiger partial charge < -0.3 is 10.1 Å². The number of nitrogens with zero attached hydrogens (tertiary/aromatic N) is 3. The average molecular weight is 400 g/mol. The second kappa shape index (κ2) is 8.16. The van der Waals surface area contributed by atoms with Crippen LogP contribution in [0.25, 0.3) is 5.65 Å². The summed E-state index contributed by atoms with van der Waals surface area (Å²) in [6.45, 7) is 3.94. The molecular weight excluding hydrogens is 380 g/mol. The Morgan fingerprint density at radius 2 is 1.97 bits per heavy atom. The average Bonchev–Trinajstić information content (AvgIpc) is 2.76. The number of nitrogens with one attached hydrogen (secondary N) is 1. The number of anilines is 1. The minimum Gasteiger partial charge on any atom is -0.439 e. The number of benzene rings is 1. The standard InChI is InChI=1S/C23H20N4O3/c1-3-16-5-4-6-18(11-16)30-21-10-8-17(12-25-21)26-22(28)19-13-24-20-9-7-15(2)14-27(20)23(19)29/h4-14H,3H2,1-2H3,(H,26,28). The van der Waals surface area contributed by atoms with Crippen LogP contribution in [-0.4, -0.2) is 20.3 Å². The van der Waals surface area contributed by atoms with Crippen LogP contribution in [0, 0.1) is 6.92 Å². The molecule has 3 aromatic heterocycles. The Bertz CT molecular complexity index is 1280. The molecule has 0 radical (unpaired) electrons. The number of carbonyl (C=O) groups is 1. The molecule has 0 aliphatic rings. The highest BCUT2D eigenvalue weighted by molar-refractivity contribution is 6.03. The van der Waals surface area contributed by atoms with Gasteiger partial charge in [0.2, 0.25) is 5.88 Å². The molecule has 0 unspecified atom stereocenters. The van der Waals surface area contributed by atoms with E-state index in [-0.39, 0.29) is 5.56 Å². The zero-order valence-electron chi connectivity index (χ0n) is 16.6. The first-order valence-electron chi connectivity index (χ1n) is 9.55. The molecule has 150 valence electrons. The first-order chi connectivity index (χ1) is 14.5. The van der Waals surface area contributed by atoms with Crippen LogP contribution >= 0.6 is 0 Å². The van der Waals surface area contributed by atoms with Crippen molar-refractivity contribution in [3.8, 4) is 11.6 Å². The molecule has 4 rings (SSSR count). The number of rotatable bonds is 5. The van der Waals surface area contributed by atoms with E-state index < -0.39 is 11.5 Å². The van der Waals surface area contributed by atoms with Crippen LogP contribution in [0.4, 0.5) is 5.69 Å². The monoisotopic (exact) mass is 400 g/mol. The molecule has 1 amide bonds. The fourth-order valence-electron chi connectivity index (χ4n) is 3.00. The van der Waals surface area contributed by atoms with Crippen molar-refractivity contribution < 1.29 is 9.53 Å². The molecular formula is C23H20N4O3. The van der Waals surface area contributed by atoms with Crippen LogP contribution < -0.4 is 15.6 Å². The zero-order chi connectivity index (χ0) is 21.1. The van der Waals surface area contributed by atoms with E-state index in [0.29, 0.717) is 23.0 Å². The van der Waals surface area contributed by atoms with Crippen LogP contribution in [0.3, 0.4) is 0 Å². The zero-order valence-corrected chi connectivity index (χ0v) is 16.6. The molecule has 0 spiro atoms. The van der Waals surface area contributed by atoms with Crippen molar-refractivity contribution in [2.45, 2.75) is 20.3 Å². The van der Waals surface area contributed by atoms with Gasteiger partial charge in [-0.2, -0.15) is 0 Å². The van der Waals surface area contributed by atoms with Gasteiger partial charge in [0.25, 0.3) is 11.5 Å². The number of pyridine rings is 2. The molecule has 0 atom stereocenters. The highest BCUT2D eigenvalue weighted by atomic mass is 16.5. The van der Waals surface area contributed by atoms with Crippen molar-refractivity contribution in [1.29, 1.82) is 0 Å². The predicted octanol–water partition coefficient (Wildman–Crippen LogP) is 4.00. The van der Waals surface area contributed by atoms with Crippen LogP contribution in [0.15, 0.2) is 71.9 Å². The van der Waals surface area contributed by atoms with Crippen LogP contribution in [0.1, 0.15) is 28.4 Å². The van der Waals surface area contributed by atoms with Crippen molar-refractivity contribution in [2.24, 2.45) is 0 Å². The molecule has 7 nitrogen and oxygen atoms in total. The minimum absolute atomic E-state index is 0.0465. The van der Waals surface area contributed by atoms with Gasteiger partial charge >= 0.3 is 0 Å². The van der Waals surface area contributed by atoms with Gasteiger partial charge in [-0.15, -0.1) is 0 Å². The van der Waals surface area contributed by atoms with E-state index in [1.807, 2.05) is 37.3 Å². The van der Waals surface area contributed by atoms with E-state index in [1.165, 1.54) is 22.4 Å². The smallest absolute Gasteiger partial charge is 0.270 e. The lowest BCUT2D eigenvalue weighted by Crippen LogP contribution is -2.26. The molecule has 7 heteroatoms. The first-order valence-corrected chi connectivity index (χ1v) is 9.55. The number of amides is 1. The van der Waals surface area contributed by atoms with Crippen LogP contribution in [0.2, 0.25) is 0 Å². The molecule has 0 bridgehead atoms. The molecule has 4 aromatic rings. The van der Waals surface area contributed by atoms with Crippen molar-refractivity contribution in [3.63, 3.8) is 0 Å². The quantitative estimate of drug-likeness (QED) is 0.547. The summed E-state index contributed by atoms with van der Waals surface area (Å²) in [6, 6.07) is 14.7. The highest BCUT2D eigenvalue weighted by Crippen LogP contribution is 2.22. The largest absolute Gasteiger partial charge is 0.439 e. The molecule has 0 saturated carbocycles. The molecule has 0 fully saturated rings. The summed E-state index contributed by atoms with van der Waals surface area (Å²) in [4.78, 5) is 33.6. The maximum absolute atomic E-state index is 12.6. The summed E-state index contributed by atoms with van der Waals surface area (Å²) in [5, 5.41) is 2.68. The van der Waals surface area contributed by atoms with Gasteiger partial charge in [0, 0.05) is 18.5 Å². The molecule has 0 aliphatic carbocycles. The van der Waals surface area contributed by atoms with Crippen molar-refractivity contribution >= 4 is 17.2 Å². The van der Waals surface area contributed by atoms with Gasteiger partial charge in [0.05, 0.1) is 11.9 Å². The van der Waals surface area contributed by atoms with Crippen molar-refractivity contribution in [3.05, 3.63) is 94.2 Å². The fraction of sp³-hybridized carbons (Fsp3) is 0.130. The summed E-state index contributed by atoms with van der Waals surface area (Å²) in [6.07, 6.45) is 5.34. The van der Waals surface area contributed by atoms with E-state index >= 15 is 0 Å². The molecule has 0 saturated heterocycles. The van der Waals surface area contributed by atoms with Gasteiger partial charge in [-0.1, -0.05) is 25.1 Å². The first kappa shape index (κ1) is 19.3. The van der Waals surface area contributed by atoms with Gasteiger partial charge in [0.15, 0.2) is 0 Å². The number of ether oxygens (including phenoxy) is 1. The third-order valence-electron chi connectivity index (χ3n) is 4.62. The van der Waals surface area contributed by atoms with E-state index in [2.05, 4.69) is 22.2 Å². The molecule has 1 N–H and O–H groups in total. The summed E-state index contributed by atoms with van der Waals surface area (Å²) in [5.41, 5.74) is 2.52. The molecule has 1 aromatic carbocycles. The Labute approximate surface area is 173 Å². The summed E-state index contributed by atoms with van der Waals surface area (Å²) >= 11 is 0. The van der Waals surface area contributed by atoms with Crippen LogP contribution in [0.5, 0.6) is 11.6 Å².